The van der Waals surface area contributed by atoms with Crippen molar-refractivity contribution in [1.29, 1.82) is 0 Å². The molecule has 2 N–H and O–H groups in total. The summed E-state index contributed by atoms with van der Waals surface area (Å²) in [4.78, 5) is 19.2. The van der Waals surface area contributed by atoms with E-state index >= 15 is 0 Å². The SMILES string of the molecule is Cc1cccc2c1CCN2c1ccc2[nH]c(=O)[nH]c2c1. The average molecular weight is 265 g/mol. The van der Waals surface area contributed by atoms with E-state index in [1.165, 1.54) is 16.8 Å². The molecule has 0 saturated carbocycles. The van der Waals surface area contributed by atoms with Gasteiger partial charge in [-0.1, -0.05) is 12.1 Å². The average Bonchev–Trinajstić information content (AvgIpc) is 3.00. The number of aromatic nitrogens is 2. The number of fused-ring (bicyclic) bond motifs is 2. The van der Waals surface area contributed by atoms with Crippen LogP contribution in [0.1, 0.15) is 11.1 Å². The smallest absolute Gasteiger partial charge is 0.323 e. The van der Waals surface area contributed by atoms with Crippen LogP contribution >= 0.6 is 0 Å². The number of benzene rings is 2. The maximum Gasteiger partial charge on any atom is 0.323 e. The molecule has 100 valence electrons. The Hall–Kier alpha value is -2.49. The van der Waals surface area contributed by atoms with Gasteiger partial charge in [0.1, 0.15) is 0 Å². The minimum atomic E-state index is -0.158. The molecule has 4 nitrogen and oxygen atoms in total. The van der Waals surface area contributed by atoms with E-state index in [0.717, 1.165) is 29.7 Å². The molecule has 0 radical (unpaired) electrons. The number of H-pyrrole nitrogens is 2. The minimum Gasteiger partial charge on any atom is -0.341 e. The molecule has 0 amide bonds. The highest BCUT2D eigenvalue weighted by Crippen LogP contribution is 2.36. The Kier molecular flexibility index (Phi) is 2.27. The Bertz CT molecular complexity index is 860. The van der Waals surface area contributed by atoms with Gasteiger partial charge in [-0.25, -0.2) is 4.79 Å². The molecular formula is C16H15N3O. The van der Waals surface area contributed by atoms with Gasteiger partial charge in [0.05, 0.1) is 11.0 Å². The first-order valence-corrected chi connectivity index (χ1v) is 6.80. The van der Waals surface area contributed by atoms with Crippen molar-refractivity contribution < 1.29 is 0 Å². The van der Waals surface area contributed by atoms with Gasteiger partial charge in [-0.3, -0.25) is 0 Å². The van der Waals surface area contributed by atoms with Crippen molar-refractivity contribution in [1.82, 2.24) is 9.97 Å². The molecule has 1 aromatic heterocycles. The molecule has 1 aliphatic heterocycles. The van der Waals surface area contributed by atoms with Gasteiger partial charge in [0.15, 0.2) is 0 Å². The van der Waals surface area contributed by atoms with Gasteiger partial charge in [0.25, 0.3) is 0 Å². The molecule has 0 aliphatic carbocycles. The summed E-state index contributed by atoms with van der Waals surface area (Å²) in [6.45, 7) is 3.15. The first kappa shape index (κ1) is 11.3. The van der Waals surface area contributed by atoms with Crippen LogP contribution in [0.2, 0.25) is 0 Å². The quantitative estimate of drug-likeness (QED) is 0.711. The second kappa shape index (κ2) is 4.00. The lowest BCUT2D eigenvalue weighted by atomic mass is 10.1. The van der Waals surface area contributed by atoms with Gasteiger partial charge in [0, 0.05) is 17.9 Å². The van der Waals surface area contributed by atoms with Crippen molar-refractivity contribution in [2.24, 2.45) is 0 Å². The number of nitrogens with zero attached hydrogens (tertiary/aromatic N) is 1. The second-order valence-electron chi connectivity index (χ2n) is 5.28. The Labute approximate surface area is 116 Å². The summed E-state index contributed by atoms with van der Waals surface area (Å²) in [5.41, 5.74) is 6.72. The van der Waals surface area contributed by atoms with Crippen molar-refractivity contribution in [3.05, 3.63) is 58.0 Å². The fourth-order valence-corrected chi connectivity index (χ4v) is 3.07. The van der Waals surface area contributed by atoms with Crippen LogP contribution in [0.5, 0.6) is 0 Å². The van der Waals surface area contributed by atoms with E-state index < -0.39 is 0 Å². The fraction of sp³-hybridized carbons (Fsp3) is 0.188. The summed E-state index contributed by atoms with van der Waals surface area (Å²) in [6, 6.07) is 12.5. The van der Waals surface area contributed by atoms with Gasteiger partial charge < -0.3 is 14.9 Å². The zero-order chi connectivity index (χ0) is 13.7. The number of hydrogen-bond acceptors (Lipinski definition) is 2. The van der Waals surface area contributed by atoms with E-state index in [2.05, 4.69) is 46.1 Å². The van der Waals surface area contributed by atoms with E-state index in [9.17, 15) is 4.79 Å². The van der Waals surface area contributed by atoms with Crippen molar-refractivity contribution in [3.63, 3.8) is 0 Å². The number of nitrogens with one attached hydrogen (secondary N) is 2. The summed E-state index contributed by atoms with van der Waals surface area (Å²) >= 11 is 0. The third-order valence-corrected chi connectivity index (χ3v) is 4.07. The summed E-state index contributed by atoms with van der Waals surface area (Å²) in [5.74, 6) is 0. The van der Waals surface area contributed by atoms with Gasteiger partial charge in [-0.05, 0) is 48.7 Å². The number of aryl methyl sites for hydroxylation is 1. The Morgan fingerprint density at radius 3 is 2.85 bits per heavy atom. The van der Waals surface area contributed by atoms with E-state index in [1.807, 2.05) is 12.1 Å². The lowest BCUT2D eigenvalue weighted by Gasteiger charge is -2.19. The van der Waals surface area contributed by atoms with Gasteiger partial charge in [0.2, 0.25) is 0 Å². The topological polar surface area (TPSA) is 51.9 Å². The molecule has 0 saturated heterocycles. The van der Waals surface area contributed by atoms with E-state index in [0.29, 0.717) is 0 Å². The van der Waals surface area contributed by atoms with E-state index in [4.69, 9.17) is 0 Å². The summed E-state index contributed by atoms with van der Waals surface area (Å²) in [5, 5.41) is 0. The third kappa shape index (κ3) is 1.58. The molecule has 1 aliphatic rings. The van der Waals surface area contributed by atoms with Crippen LogP contribution in [0.3, 0.4) is 0 Å². The third-order valence-electron chi connectivity index (χ3n) is 4.07. The van der Waals surface area contributed by atoms with Crippen LogP contribution in [0.25, 0.3) is 11.0 Å². The van der Waals surface area contributed by atoms with Gasteiger partial charge in [-0.2, -0.15) is 0 Å². The zero-order valence-electron chi connectivity index (χ0n) is 11.2. The molecule has 2 aromatic carbocycles. The lowest BCUT2D eigenvalue weighted by Crippen LogP contribution is -2.12. The highest BCUT2D eigenvalue weighted by atomic mass is 16.1. The molecule has 20 heavy (non-hydrogen) atoms. The molecule has 0 fully saturated rings. The number of rotatable bonds is 1. The van der Waals surface area contributed by atoms with Crippen LogP contribution in [0.4, 0.5) is 11.4 Å². The summed E-state index contributed by atoms with van der Waals surface area (Å²) in [7, 11) is 0. The molecule has 0 unspecified atom stereocenters. The van der Waals surface area contributed by atoms with Crippen LogP contribution in [-0.2, 0) is 6.42 Å². The second-order valence-corrected chi connectivity index (χ2v) is 5.28. The van der Waals surface area contributed by atoms with Gasteiger partial charge >= 0.3 is 5.69 Å². The molecule has 3 aromatic rings. The predicted octanol–water partition coefficient (Wildman–Crippen LogP) is 2.86. The van der Waals surface area contributed by atoms with E-state index in [1.54, 1.807) is 0 Å². The van der Waals surface area contributed by atoms with Crippen molar-refractivity contribution in [2.75, 3.05) is 11.4 Å². The lowest BCUT2D eigenvalue weighted by molar-refractivity contribution is 0.995. The number of anilines is 2. The Morgan fingerprint density at radius 2 is 1.95 bits per heavy atom. The number of imidazole rings is 1. The largest absolute Gasteiger partial charge is 0.341 e. The fourth-order valence-electron chi connectivity index (χ4n) is 3.07. The Morgan fingerprint density at radius 1 is 1.10 bits per heavy atom. The zero-order valence-corrected chi connectivity index (χ0v) is 11.2. The van der Waals surface area contributed by atoms with Gasteiger partial charge in [-0.15, -0.1) is 0 Å². The van der Waals surface area contributed by atoms with Crippen LogP contribution in [0, 0.1) is 6.92 Å². The molecule has 0 atom stereocenters. The monoisotopic (exact) mass is 265 g/mol. The maximum atomic E-state index is 11.3. The predicted molar refractivity (Wildman–Crippen MR) is 80.8 cm³/mol. The number of aromatic amines is 2. The van der Waals surface area contributed by atoms with Crippen molar-refractivity contribution >= 4 is 22.4 Å². The van der Waals surface area contributed by atoms with Crippen molar-refractivity contribution in [3.8, 4) is 0 Å². The standard InChI is InChI=1S/C16H15N3O/c1-10-3-2-4-15-12(10)7-8-19(15)11-5-6-13-14(9-11)18-16(20)17-13/h2-6,9H,7-8H2,1H3,(H2,17,18,20). The molecule has 0 bridgehead atoms. The molecule has 2 heterocycles. The van der Waals surface area contributed by atoms with E-state index in [-0.39, 0.29) is 5.69 Å². The first-order valence-electron chi connectivity index (χ1n) is 6.80. The van der Waals surface area contributed by atoms with Crippen molar-refractivity contribution in [2.45, 2.75) is 13.3 Å². The Balaban J connectivity index is 1.85. The highest BCUT2D eigenvalue weighted by Gasteiger charge is 2.21. The normalized spacial score (nSPS) is 13.9. The van der Waals surface area contributed by atoms with Crippen LogP contribution < -0.4 is 10.6 Å². The maximum absolute atomic E-state index is 11.3. The summed E-state index contributed by atoms with van der Waals surface area (Å²) < 4.78 is 0. The summed E-state index contributed by atoms with van der Waals surface area (Å²) in [6.07, 6.45) is 1.07. The molecule has 4 rings (SSSR count). The van der Waals surface area contributed by atoms with Crippen LogP contribution in [0.15, 0.2) is 41.2 Å². The van der Waals surface area contributed by atoms with Crippen LogP contribution in [-0.4, -0.2) is 16.5 Å². The first-order chi connectivity index (χ1) is 9.72. The molecular weight excluding hydrogens is 250 g/mol. The number of hydrogen-bond donors (Lipinski definition) is 2. The molecule has 4 heteroatoms. The highest BCUT2D eigenvalue weighted by molar-refractivity contribution is 5.82. The minimum absolute atomic E-state index is 0.158. The molecule has 0 spiro atoms.